The lowest BCUT2D eigenvalue weighted by atomic mass is 10.0. The van der Waals surface area contributed by atoms with Gasteiger partial charge in [0, 0.05) is 56.1 Å². The highest BCUT2D eigenvalue weighted by Gasteiger charge is 2.09. The van der Waals surface area contributed by atoms with Crippen LogP contribution >= 0.6 is 0 Å². The van der Waals surface area contributed by atoms with E-state index >= 15 is 0 Å². The van der Waals surface area contributed by atoms with Crippen LogP contribution in [-0.4, -0.2) is 20.7 Å². The number of benzene rings is 1. The average Bonchev–Trinajstić information content (AvgIpc) is 3.37. The van der Waals surface area contributed by atoms with Crippen LogP contribution in [0, 0.1) is 11.3 Å². The number of aryl methyl sites for hydroxylation is 2. The molecule has 0 aliphatic rings. The zero-order valence-electron chi connectivity index (χ0n) is 16.8. The summed E-state index contributed by atoms with van der Waals surface area (Å²) < 4.78 is 7.22. The van der Waals surface area contributed by atoms with Crippen LogP contribution in [0.1, 0.15) is 50.7 Å². The van der Waals surface area contributed by atoms with Gasteiger partial charge in [0.15, 0.2) is 0 Å². The van der Waals surface area contributed by atoms with Crippen LogP contribution in [0.25, 0.3) is 22.4 Å². The number of ketones is 1. The minimum atomic E-state index is 0.285. The Bertz CT molecular complexity index is 963. The summed E-state index contributed by atoms with van der Waals surface area (Å²) >= 11 is 0. The van der Waals surface area contributed by atoms with Crippen molar-refractivity contribution in [2.75, 3.05) is 0 Å². The SMILES string of the molecule is Cn1cc(-c2ccc(-c3cc(CCCC(=O)CCCCCC#N)on3)cc2)cn1. The molecule has 0 fully saturated rings. The molecule has 0 atom stereocenters. The largest absolute Gasteiger partial charge is 0.361 e. The molecule has 6 nitrogen and oxygen atoms in total. The predicted octanol–water partition coefficient (Wildman–Crippen LogP) is 5.11. The zero-order chi connectivity index (χ0) is 20.5. The summed E-state index contributed by atoms with van der Waals surface area (Å²) in [5, 5.41) is 16.9. The minimum Gasteiger partial charge on any atom is -0.361 e. The molecule has 0 saturated heterocycles. The Morgan fingerprint density at radius 2 is 1.83 bits per heavy atom. The third-order valence-electron chi connectivity index (χ3n) is 4.90. The first-order valence-electron chi connectivity index (χ1n) is 10.1. The van der Waals surface area contributed by atoms with Crippen molar-refractivity contribution >= 4 is 5.78 Å². The van der Waals surface area contributed by atoms with Gasteiger partial charge in [0.1, 0.15) is 17.2 Å². The molecule has 0 radical (unpaired) electrons. The number of carbonyl (C=O) groups excluding carboxylic acids is 1. The van der Waals surface area contributed by atoms with Crippen LogP contribution in [0.15, 0.2) is 47.2 Å². The Hall–Kier alpha value is -3.20. The third kappa shape index (κ3) is 6.15. The molecule has 0 N–H and O–H groups in total. The number of unbranched alkanes of at least 4 members (excludes halogenated alkanes) is 3. The van der Waals surface area contributed by atoms with Gasteiger partial charge in [-0.05, 0) is 24.8 Å². The molecule has 150 valence electrons. The second-order valence-electron chi connectivity index (χ2n) is 7.27. The number of Topliss-reactive ketones (excluding diaryl/α,β-unsaturated/α-hetero) is 1. The smallest absolute Gasteiger partial charge is 0.137 e. The monoisotopic (exact) mass is 390 g/mol. The Morgan fingerprint density at radius 3 is 2.55 bits per heavy atom. The van der Waals surface area contributed by atoms with Crippen molar-refractivity contribution in [2.24, 2.45) is 7.05 Å². The van der Waals surface area contributed by atoms with E-state index in [0.29, 0.717) is 25.7 Å². The van der Waals surface area contributed by atoms with Crippen molar-refractivity contribution in [3.05, 3.63) is 48.5 Å². The maximum Gasteiger partial charge on any atom is 0.137 e. The molecule has 0 spiro atoms. The lowest BCUT2D eigenvalue weighted by molar-refractivity contribution is -0.119. The van der Waals surface area contributed by atoms with Gasteiger partial charge in [0.2, 0.25) is 0 Å². The first-order valence-corrected chi connectivity index (χ1v) is 10.1. The summed E-state index contributed by atoms with van der Waals surface area (Å²) in [5.74, 6) is 1.09. The van der Waals surface area contributed by atoms with Gasteiger partial charge in [-0.2, -0.15) is 10.4 Å². The van der Waals surface area contributed by atoms with Crippen molar-refractivity contribution in [3.63, 3.8) is 0 Å². The molecule has 0 bridgehead atoms. The van der Waals surface area contributed by atoms with E-state index in [1.165, 1.54) is 0 Å². The van der Waals surface area contributed by atoms with E-state index in [4.69, 9.17) is 9.78 Å². The zero-order valence-corrected chi connectivity index (χ0v) is 16.8. The Morgan fingerprint density at radius 1 is 1.07 bits per heavy atom. The number of carbonyl (C=O) groups is 1. The summed E-state index contributed by atoms with van der Waals surface area (Å²) in [4.78, 5) is 11.9. The molecule has 3 aromatic rings. The van der Waals surface area contributed by atoms with Crippen LogP contribution in [0.2, 0.25) is 0 Å². The predicted molar refractivity (Wildman–Crippen MR) is 111 cm³/mol. The van der Waals surface area contributed by atoms with Crippen LogP contribution in [0.4, 0.5) is 0 Å². The number of hydrogen-bond acceptors (Lipinski definition) is 5. The van der Waals surface area contributed by atoms with Crippen molar-refractivity contribution in [1.82, 2.24) is 14.9 Å². The van der Waals surface area contributed by atoms with Gasteiger partial charge < -0.3 is 4.52 Å². The molecule has 0 aliphatic heterocycles. The fourth-order valence-electron chi connectivity index (χ4n) is 3.26. The van der Waals surface area contributed by atoms with Crippen molar-refractivity contribution in [3.8, 4) is 28.5 Å². The first kappa shape index (κ1) is 20.5. The van der Waals surface area contributed by atoms with Crippen LogP contribution in [-0.2, 0) is 18.3 Å². The van der Waals surface area contributed by atoms with E-state index in [-0.39, 0.29) is 5.78 Å². The maximum absolute atomic E-state index is 11.9. The molecule has 6 heteroatoms. The van der Waals surface area contributed by atoms with E-state index in [0.717, 1.165) is 53.8 Å². The van der Waals surface area contributed by atoms with E-state index in [1.807, 2.05) is 37.6 Å². The number of nitrogens with zero attached hydrogens (tertiary/aromatic N) is 4. The van der Waals surface area contributed by atoms with E-state index in [9.17, 15) is 4.79 Å². The van der Waals surface area contributed by atoms with E-state index < -0.39 is 0 Å². The maximum atomic E-state index is 11.9. The van der Waals surface area contributed by atoms with Gasteiger partial charge in [-0.25, -0.2) is 0 Å². The molecular formula is C23H26N4O2. The number of aromatic nitrogens is 3. The fourth-order valence-corrected chi connectivity index (χ4v) is 3.26. The molecule has 0 unspecified atom stereocenters. The number of nitriles is 1. The highest BCUT2D eigenvalue weighted by Crippen LogP contribution is 2.25. The fraction of sp³-hybridized carbons (Fsp3) is 0.391. The summed E-state index contributed by atoms with van der Waals surface area (Å²) in [7, 11) is 1.90. The van der Waals surface area contributed by atoms with E-state index in [1.54, 1.807) is 4.68 Å². The van der Waals surface area contributed by atoms with Crippen molar-refractivity contribution < 1.29 is 9.32 Å². The summed E-state index contributed by atoms with van der Waals surface area (Å²) in [6, 6.07) is 12.2. The van der Waals surface area contributed by atoms with Gasteiger partial charge in [0.25, 0.3) is 0 Å². The average molecular weight is 390 g/mol. The first-order chi connectivity index (χ1) is 14.2. The Kier molecular flexibility index (Phi) is 7.34. The molecule has 0 saturated carbocycles. The Labute approximate surface area is 171 Å². The lowest BCUT2D eigenvalue weighted by Gasteiger charge is -2.00. The molecule has 1 aromatic carbocycles. The summed E-state index contributed by atoms with van der Waals surface area (Å²) in [6.07, 6.45) is 9.76. The summed E-state index contributed by atoms with van der Waals surface area (Å²) in [6.45, 7) is 0. The highest BCUT2D eigenvalue weighted by atomic mass is 16.5. The topological polar surface area (TPSA) is 84.7 Å². The quantitative estimate of drug-likeness (QED) is 0.425. The molecular weight excluding hydrogens is 364 g/mol. The highest BCUT2D eigenvalue weighted by molar-refractivity contribution is 5.78. The second-order valence-corrected chi connectivity index (χ2v) is 7.27. The minimum absolute atomic E-state index is 0.285. The normalized spacial score (nSPS) is 10.8. The van der Waals surface area contributed by atoms with Crippen LogP contribution < -0.4 is 0 Å². The van der Waals surface area contributed by atoms with Crippen molar-refractivity contribution in [2.45, 2.75) is 51.4 Å². The van der Waals surface area contributed by atoms with Gasteiger partial charge in [-0.15, -0.1) is 0 Å². The molecule has 2 aromatic heterocycles. The molecule has 29 heavy (non-hydrogen) atoms. The third-order valence-corrected chi connectivity index (χ3v) is 4.90. The standard InChI is InChI=1S/C23H26N4O2/c1-27-17-20(16-25-27)18-10-12-19(13-11-18)23-15-22(29-26-23)9-6-8-21(28)7-4-2-3-5-14-24/h10-13,15-17H,2-9H2,1H3. The molecule has 2 heterocycles. The summed E-state index contributed by atoms with van der Waals surface area (Å²) in [5.41, 5.74) is 3.99. The van der Waals surface area contributed by atoms with Gasteiger partial charge in [0.05, 0.1) is 12.3 Å². The van der Waals surface area contributed by atoms with Gasteiger partial charge in [-0.3, -0.25) is 9.48 Å². The van der Waals surface area contributed by atoms with Crippen molar-refractivity contribution in [1.29, 1.82) is 5.26 Å². The van der Waals surface area contributed by atoms with Gasteiger partial charge in [-0.1, -0.05) is 35.8 Å². The van der Waals surface area contributed by atoms with Crippen LogP contribution in [0.5, 0.6) is 0 Å². The molecule has 0 aliphatic carbocycles. The van der Waals surface area contributed by atoms with E-state index in [2.05, 4.69) is 28.5 Å². The number of hydrogen-bond donors (Lipinski definition) is 0. The molecule has 0 amide bonds. The number of rotatable bonds is 11. The second kappa shape index (κ2) is 10.4. The van der Waals surface area contributed by atoms with Gasteiger partial charge >= 0.3 is 0 Å². The lowest BCUT2D eigenvalue weighted by Crippen LogP contribution is -1.98. The Balaban J connectivity index is 1.44. The van der Waals surface area contributed by atoms with Crippen LogP contribution in [0.3, 0.4) is 0 Å². The molecule has 3 rings (SSSR count).